The molecule has 80 valence electrons. The van der Waals surface area contributed by atoms with Crippen molar-refractivity contribution in [2.45, 2.75) is 37.7 Å². The zero-order valence-corrected chi connectivity index (χ0v) is 6.58. The fraction of sp³-hybridized carbons (Fsp3) is 1.00. The number of rotatable bonds is 3. The Morgan fingerprint density at radius 1 is 1.15 bits per heavy atom. The second kappa shape index (κ2) is 3.73. The first-order valence-electron chi connectivity index (χ1n) is 3.39. The summed E-state index contributed by atoms with van der Waals surface area (Å²) >= 11 is 0. The van der Waals surface area contributed by atoms with E-state index in [2.05, 4.69) is 0 Å². The minimum atomic E-state index is -5.77. The van der Waals surface area contributed by atoms with Crippen LogP contribution in [0.15, 0.2) is 0 Å². The van der Waals surface area contributed by atoms with Crippen molar-refractivity contribution >= 4 is 0 Å². The van der Waals surface area contributed by atoms with Gasteiger partial charge in [0.1, 0.15) is 6.10 Å². The highest BCUT2D eigenvalue weighted by Gasteiger charge is 2.66. The van der Waals surface area contributed by atoms with Crippen LogP contribution in [-0.4, -0.2) is 29.5 Å². The maximum Gasteiger partial charge on any atom is 0.430 e. The fourth-order valence-corrected chi connectivity index (χ4v) is 0.755. The SMILES string of the molecule is CCC(O)C(F)(C(F)F)C(F)(F)F. The average Bonchev–Trinajstić information content (AvgIpc) is 1.98. The predicted molar refractivity (Wildman–Crippen MR) is 32.2 cm³/mol. The zero-order valence-electron chi connectivity index (χ0n) is 6.58. The van der Waals surface area contributed by atoms with Crippen LogP contribution in [0.25, 0.3) is 0 Å². The predicted octanol–water partition coefficient (Wildman–Crippen LogP) is 2.29. The number of aliphatic hydroxyl groups is 1. The minimum Gasteiger partial charge on any atom is -0.389 e. The number of aliphatic hydroxyl groups excluding tert-OH is 1. The van der Waals surface area contributed by atoms with Crippen molar-refractivity contribution in [3.05, 3.63) is 0 Å². The Bertz CT molecular complexity index is 167. The van der Waals surface area contributed by atoms with Crippen molar-refractivity contribution in [1.29, 1.82) is 0 Å². The van der Waals surface area contributed by atoms with E-state index in [1.807, 2.05) is 0 Å². The van der Waals surface area contributed by atoms with Gasteiger partial charge in [-0.2, -0.15) is 13.2 Å². The number of halogens is 6. The van der Waals surface area contributed by atoms with Gasteiger partial charge in [-0.05, 0) is 6.42 Å². The highest BCUT2D eigenvalue weighted by atomic mass is 19.4. The molecule has 0 rings (SSSR count). The van der Waals surface area contributed by atoms with Crippen LogP contribution in [0.1, 0.15) is 13.3 Å². The van der Waals surface area contributed by atoms with E-state index >= 15 is 0 Å². The second-order valence-corrected chi connectivity index (χ2v) is 2.49. The molecule has 7 heteroatoms. The van der Waals surface area contributed by atoms with Crippen LogP contribution >= 0.6 is 0 Å². The number of hydrogen-bond donors (Lipinski definition) is 1. The summed E-state index contributed by atoms with van der Waals surface area (Å²) in [5.74, 6) is 0. The highest BCUT2D eigenvalue weighted by molar-refractivity contribution is 4.95. The van der Waals surface area contributed by atoms with Crippen LogP contribution in [0, 0.1) is 0 Å². The molecular formula is C6H8F6O. The third-order valence-electron chi connectivity index (χ3n) is 1.62. The van der Waals surface area contributed by atoms with Gasteiger partial charge in [-0.25, -0.2) is 13.2 Å². The molecule has 0 aliphatic heterocycles. The molecule has 2 unspecified atom stereocenters. The van der Waals surface area contributed by atoms with E-state index in [9.17, 15) is 26.3 Å². The first-order valence-corrected chi connectivity index (χ1v) is 3.39. The Morgan fingerprint density at radius 2 is 1.54 bits per heavy atom. The van der Waals surface area contributed by atoms with Gasteiger partial charge in [0.15, 0.2) is 0 Å². The largest absolute Gasteiger partial charge is 0.430 e. The molecule has 0 aromatic carbocycles. The summed E-state index contributed by atoms with van der Waals surface area (Å²) in [6, 6.07) is 0. The van der Waals surface area contributed by atoms with Crippen LogP contribution in [0.3, 0.4) is 0 Å². The maximum absolute atomic E-state index is 12.7. The lowest BCUT2D eigenvalue weighted by atomic mass is 9.96. The van der Waals surface area contributed by atoms with E-state index in [4.69, 9.17) is 5.11 Å². The summed E-state index contributed by atoms with van der Waals surface area (Å²) < 4.78 is 71.5. The third kappa shape index (κ3) is 2.07. The van der Waals surface area contributed by atoms with Crippen LogP contribution in [-0.2, 0) is 0 Å². The van der Waals surface area contributed by atoms with Gasteiger partial charge in [-0.3, -0.25) is 0 Å². The van der Waals surface area contributed by atoms with Gasteiger partial charge in [0.25, 0.3) is 12.1 Å². The van der Waals surface area contributed by atoms with E-state index in [1.54, 1.807) is 0 Å². The molecular weight excluding hydrogens is 202 g/mol. The molecule has 1 nitrogen and oxygen atoms in total. The smallest absolute Gasteiger partial charge is 0.389 e. The van der Waals surface area contributed by atoms with Crippen molar-refractivity contribution in [2.75, 3.05) is 0 Å². The summed E-state index contributed by atoms with van der Waals surface area (Å²) in [5.41, 5.74) is -4.83. The molecule has 0 radical (unpaired) electrons. The Balaban J connectivity index is 4.96. The average molecular weight is 210 g/mol. The zero-order chi connectivity index (χ0) is 10.9. The molecule has 0 bridgehead atoms. The third-order valence-corrected chi connectivity index (χ3v) is 1.62. The standard InChI is InChI=1S/C6H8F6O/c1-2-3(13)5(9,4(7)8)6(10,11)12/h3-4,13H,2H2,1H3. The molecule has 0 heterocycles. The molecule has 0 amide bonds. The monoisotopic (exact) mass is 210 g/mol. The molecule has 0 saturated carbocycles. The lowest BCUT2D eigenvalue weighted by Crippen LogP contribution is -2.55. The summed E-state index contributed by atoms with van der Waals surface area (Å²) in [6.45, 7) is 0.979. The van der Waals surface area contributed by atoms with Gasteiger partial charge in [0.05, 0.1) is 0 Å². The van der Waals surface area contributed by atoms with Crippen LogP contribution in [0.4, 0.5) is 26.3 Å². The van der Waals surface area contributed by atoms with E-state index in [0.29, 0.717) is 0 Å². The Hall–Kier alpha value is -0.460. The lowest BCUT2D eigenvalue weighted by Gasteiger charge is -2.30. The Morgan fingerprint density at radius 3 is 1.62 bits per heavy atom. The molecule has 0 spiro atoms. The van der Waals surface area contributed by atoms with Crippen LogP contribution in [0.5, 0.6) is 0 Å². The van der Waals surface area contributed by atoms with Gasteiger partial charge in [-0.1, -0.05) is 6.92 Å². The molecule has 0 aromatic rings. The summed E-state index contributed by atoms with van der Waals surface area (Å²) in [4.78, 5) is 0. The quantitative estimate of drug-likeness (QED) is 0.708. The Labute approximate surface area is 70.4 Å². The van der Waals surface area contributed by atoms with E-state index in [1.165, 1.54) is 0 Å². The van der Waals surface area contributed by atoms with Crippen molar-refractivity contribution in [2.24, 2.45) is 0 Å². The number of alkyl halides is 6. The Kier molecular flexibility index (Phi) is 3.60. The molecule has 1 N–H and O–H groups in total. The van der Waals surface area contributed by atoms with Crippen LogP contribution < -0.4 is 0 Å². The molecule has 2 atom stereocenters. The fourth-order valence-electron chi connectivity index (χ4n) is 0.755. The van der Waals surface area contributed by atoms with Crippen LogP contribution in [0.2, 0.25) is 0 Å². The first-order chi connectivity index (χ1) is 5.67. The molecule has 0 saturated heterocycles. The van der Waals surface area contributed by atoms with Gasteiger partial charge in [0, 0.05) is 0 Å². The molecule has 0 aromatic heterocycles. The van der Waals surface area contributed by atoms with Gasteiger partial charge >= 0.3 is 6.18 Å². The van der Waals surface area contributed by atoms with Crippen molar-refractivity contribution in [3.63, 3.8) is 0 Å². The second-order valence-electron chi connectivity index (χ2n) is 2.49. The molecule has 0 aliphatic carbocycles. The van der Waals surface area contributed by atoms with Crippen molar-refractivity contribution < 1.29 is 31.4 Å². The minimum absolute atomic E-state index is 0.736. The van der Waals surface area contributed by atoms with E-state index in [0.717, 1.165) is 6.92 Å². The topological polar surface area (TPSA) is 20.2 Å². The van der Waals surface area contributed by atoms with Crippen molar-refractivity contribution in [3.8, 4) is 0 Å². The van der Waals surface area contributed by atoms with Gasteiger partial charge in [-0.15, -0.1) is 0 Å². The number of hydrogen-bond acceptors (Lipinski definition) is 1. The summed E-state index contributed by atoms with van der Waals surface area (Å²) in [7, 11) is 0. The lowest BCUT2D eigenvalue weighted by molar-refractivity contribution is -0.296. The molecule has 0 aliphatic rings. The molecule has 0 fully saturated rings. The highest BCUT2D eigenvalue weighted by Crippen LogP contribution is 2.42. The first kappa shape index (κ1) is 12.5. The van der Waals surface area contributed by atoms with Crippen molar-refractivity contribution in [1.82, 2.24) is 0 Å². The summed E-state index contributed by atoms with van der Waals surface area (Å²) in [6.07, 6.45) is -13.5. The van der Waals surface area contributed by atoms with E-state index in [-0.39, 0.29) is 0 Å². The molecule has 13 heavy (non-hydrogen) atoms. The maximum atomic E-state index is 12.7. The summed E-state index contributed by atoms with van der Waals surface area (Å²) in [5, 5.41) is 8.51. The normalized spacial score (nSPS) is 20.1. The van der Waals surface area contributed by atoms with Gasteiger partial charge in [0.2, 0.25) is 0 Å². The van der Waals surface area contributed by atoms with E-state index < -0.39 is 30.8 Å². The van der Waals surface area contributed by atoms with Gasteiger partial charge < -0.3 is 5.11 Å².